The molecule has 3 aromatic heterocycles. The zero-order valence-corrected chi connectivity index (χ0v) is 10.7. The van der Waals surface area contributed by atoms with Gasteiger partial charge >= 0.3 is 0 Å². The van der Waals surface area contributed by atoms with Gasteiger partial charge in [0, 0.05) is 11.5 Å². The highest BCUT2D eigenvalue weighted by atomic mass is 16.3. The van der Waals surface area contributed by atoms with Gasteiger partial charge in [-0.2, -0.15) is 5.10 Å². The Morgan fingerprint density at radius 1 is 1.10 bits per heavy atom. The van der Waals surface area contributed by atoms with Crippen LogP contribution in [-0.2, 0) is 6.54 Å². The molecule has 0 aliphatic heterocycles. The number of benzene rings is 1. The molecule has 0 radical (unpaired) electrons. The van der Waals surface area contributed by atoms with E-state index in [4.69, 9.17) is 4.42 Å². The van der Waals surface area contributed by atoms with Crippen molar-refractivity contribution in [2.45, 2.75) is 6.54 Å². The van der Waals surface area contributed by atoms with E-state index < -0.39 is 0 Å². The Balaban J connectivity index is 1.83. The fourth-order valence-electron chi connectivity index (χ4n) is 2.32. The lowest BCUT2D eigenvalue weighted by Gasteiger charge is -2.09. The van der Waals surface area contributed by atoms with Crippen molar-refractivity contribution in [3.05, 3.63) is 60.7 Å². The number of aromatic nitrogens is 3. The maximum absolute atomic E-state index is 5.33. The highest BCUT2D eigenvalue weighted by Gasteiger charge is 2.08. The second-order valence-electron chi connectivity index (χ2n) is 4.51. The van der Waals surface area contributed by atoms with Crippen LogP contribution in [-0.4, -0.2) is 14.6 Å². The fourth-order valence-corrected chi connectivity index (χ4v) is 2.32. The lowest BCUT2D eigenvalue weighted by Crippen LogP contribution is -2.04. The predicted octanol–water partition coefficient (Wildman–Crippen LogP) is 3.09. The lowest BCUT2D eigenvalue weighted by molar-refractivity contribution is 0.518. The van der Waals surface area contributed by atoms with Crippen molar-refractivity contribution >= 4 is 22.4 Å². The molecule has 0 saturated carbocycles. The van der Waals surface area contributed by atoms with Gasteiger partial charge in [-0.25, -0.2) is 9.50 Å². The molecule has 0 fully saturated rings. The number of nitrogens with one attached hydrogen (secondary N) is 1. The standard InChI is InChI=1S/C15H12N4O/c1-2-6-13-12(5-1)15(16-10-11-4-3-9-20-11)18-14-7-8-17-19(13)14/h1-9H,10H2,(H,16,18). The van der Waals surface area contributed by atoms with Gasteiger partial charge in [0.05, 0.1) is 24.5 Å². The molecule has 3 heterocycles. The number of hydrogen-bond donors (Lipinski definition) is 1. The molecule has 98 valence electrons. The molecule has 0 aliphatic rings. The Morgan fingerprint density at radius 3 is 2.95 bits per heavy atom. The molecule has 5 heteroatoms. The molecule has 0 aliphatic carbocycles. The van der Waals surface area contributed by atoms with E-state index in [2.05, 4.69) is 15.4 Å². The van der Waals surface area contributed by atoms with Gasteiger partial charge in [0.25, 0.3) is 0 Å². The highest BCUT2D eigenvalue weighted by molar-refractivity contribution is 5.91. The van der Waals surface area contributed by atoms with Crippen LogP contribution in [0.15, 0.2) is 59.3 Å². The van der Waals surface area contributed by atoms with Crippen molar-refractivity contribution in [3.63, 3.8) is 0 Å². The van der Waals surface area contributed by atoms with Crippen LogP contribution in [0.5, 0.6) is 0 Å². The van der Waals surface area contributed by atoms with Crippen LogP contribution >= 0.6 is 0 Å². The Morgan fingerprint density at radius 2 is 2.05 bits per heavy atom. The van der Waals surface area contributed by atoms with E-state index in [0.29, 0.717) is 6.54 Å². The molecule has 0 atom stereocenters. The van der Waals surface area contributed by atoms with E-state index in [9.17, 15) is 0 Å². The van der Waals surface area contributed by atoms with Crippen molar-refractivity contribution in [3.8, 4) is 0 Å². The van der Waals surface area contributed by atoms with Gasteiger partial charge in [-0.1, -0.05) is 12.1 Å². The van der Waals surface area contributed by atoms with E-state index in [-0.39, 0.29) is 0 Å². The minimum Gasteiger partial charge on any atom is -0.467 e. The van der Waals surface area contributed by atoms with E-state index in [1.54, 1.807) is 12.5 Å². The number of nitrogens with zero attached hydrogens (tertiary/aromatic N) is 3. The van der Waals surface area contributed by atoms with Gasteiger partial charge in [0.15, 0.2) is 5.65 Å². The third kappa shape index (κ3) is 1.72. The van der Waals surface area contributed by atoms with Gasteiger partial charge < -0.3 is 9.73 Å². The maximum atomic E-state index is 5.33. The number of fused-ring (bicyclic) bond motifs is 3. The number of hydrogen-bond acceptors (Lipinski definition) is 4. The average molecular weight is 264 g/mol. The Labute approximate surface area is 114 Å². The first-order valence-corrected chi connectivity index (χ1v) is 6.40. The normalized spacial score (nSPS) is 11.2. The van der Waals surface area contributed by atoms with Gasteiger partial charge in [-0.3, -0.25) is 0 Å². The molecule has 0 bridgehead atoms. The molecule has 0 unspecified atom stereocenters. The maximum Gasteiger partial charge on any atom is 0.158 e. The molecular weight excluding hydrogens is 252 g/mol. The first-order chi connectivity index (χ1) is 9.92. The van der Waals surface area contributed by atoms with Crippen molar-refractivity contribution in [2.24, 2.45) is 0 Å². The zero-order valence-electron chi connectivity index (χ0n) is 10.7. The summed E-state index contributed by atoms with van der Waals surface area (Å²) in [6.07, 6.45) is 3.42. The monoisotopic (exact) mass is 264 g/mol. The molecule has 0 amide bonds. The third-order valence-electron chi connectivity index (χ3n) is 3.25. The summed E-state index contributed by atoms with van der Waals surface area (Å²) in [7, 11) is 0. The Kier molecular flexibility index (Phi) is 2.42. The predicted molar refractivity (Wildman–Crippen MR) is 76.5 cm³/mol. The highest BCUT2D eigenvalue weighted by Crippen LogP contribution is 2.23. The first-order valence-electron chi connectivity index (χ1n) is 6.40. The number of para-hydroxylation sites is 1. The van der Waals surface area contributed by atoms with Crippen LogP contribution in [0.1, 0.15) is 5.76 Å². The van der Waals surface area contributed by atoms with Crippen molar-refractivity contribution in [1.82, 2.24) is 14.6 Å². The second-order valence-corrected chi connectivity index (χ2v) is 4.51. The molecule has 5 nitrogen and oxygen atoms in total. The van der Waals surface area contributed by atoms with Crippen LogP contribution in [0, 0.1) is 0 Å². The molecule has 20 heavy (non-hydrogen) atoms. The van der Waals surface area contributed by atoms with Crippen molar-refractivity contribution < 1.29 is 4.42 Å². The van der Waals surface area contributed by atoms with Gasteiger partial charge in [0.2, 0.25) is 0 Å². The van der Waals surface area contributed by atoms with E-state index in [1.165, 1.54) is 0 Å². The van der Waals surface area contributed by atoms with Crippen molar-refractivity contribution in [1.29, 1.82) is 0 Å². The Bertz CT molecular complexity index is 864. The lowest BCUT2D eigenvalue weighted by atomic mass is 10.2. The quantitative estimate of drug-likeness (QED) is 0.617. The molecule has 1 aromatic carbocycles. The summed E-state index contributed by atoms with van der Waals surface area (Å²) >= 11 is 0. The number of rotatable bonds is 3. The van der Waals surface area contributed by atoms with Crippen LogP contribution < -0.4 is 5.32 Å². The minimum atomic E-state index is 0.605. The van der Waals surface area contributed by atoms with Crippen LogP contribution in [0.25, 0.3) is 16.6 Å². The van der Waals surface area contributed by atoms with E-state index in [1.807, 2.05) is 47.0 Å². The molecule has 4 aromatic rings. The van der Waals surface area contributed by atoms with Gasteiger partial charge in [-0.05, 0) is 24.3 Å². The molecule has 1 N–H and O–H groups in total. The molecule has 4 rings (SSSR count). The average Bonchev–Trinajstić information content (AvgIpc) is 3.16. The fraction of sp³-hybridized carbons (Fsp3) is 0.0667. The Hall–Kier alpha value is -2.82. The second kappa shape index (κ2) is 4.38. The zero-order chi connectivity index (χ0) is 13.4. The summed E-state index contributed by atoms with van der Waals surface area (Å²) in [5, 5.41) is 8.67. The summed E-state index contributed by atoms with van der Waals surface area (Å²) in [4.78, 5) is 4.61. The number of anilines is 1. The summed E-state index contributed by atoms with van der Waals surface area (Å²) in [5.74, 6) is 1.72. The first kappa shape index (κ1) is 11.0. The van der Waals surface area contributed by atoms with E-state index >= 15 is 0 Å². The van der Waals surface area contributed by atoms with E-state index in [0.717, 1.165) is 28.1 Å². The van der Waals surface area contributed by atoms with Crippen LogP contribution in [0.4, 0.5) is 5.82 Å². The van der Waals surface area contributed by atoms with Gasteiger partial charge in [-0.15, -0.1) is 0 Å². The SMILES string of the molecule is c1coc(CNc2nc3ccnn3c3ccccc23)c1. The molecule has 0 spiro atoms. The van der Waals surface area contributed by atoms with Gasteiger partial charge in [0.1, 0.15) is 11.6 Å². The van der Waals surface area contributed by atoms with Crippen LogP contribution in [0.2, 0.25) is 0 Å². The molecule has 0 saturated heterocycles. The third-order valence-corrected chi connectivity index (χ3v) is 3.25. The smallest absolute Gasteiger partial charge is 0.158 e. The summed E-state index contributed by atoms with van der Waals surface area (Å²) < 4.78 is 7.17. The number of furan rings is 1. The van der Waals surface area contributed by atoms with Crippen molar-refractivity contribution in [2.75, 3.05) is 5.32 Å². The van der Waals surface area contributed by atoms with Crippen LogP contribution in [0.3, 0.4) is 0 Å². The topological polar surface area (TPSA) is 55.4 Å². The summed E-state index contributed by atoms with van der Waals surface area (Å²) in [6.45, 7) is 0.605. The largest absolute Gasteiger partial charge is 0.467 e. The summed E-state index contributed by atoms with van der Waals surface area (Å²) in [6, 6.07) is 13.8. The summed E-state index contributed by atoms with van der Waals surface area (Å²) in [5.41, 5.74) is 1.86. The molecular formula is C15H12N4O. The minimum absolute atomic E-state index is 0.605.